The second-order valence-electron chi connectivity index (χ2n) is 3.85. The van der Waals surface area contributed by atoms with Gasteiger partial charge in [-0.05, 0) is 24.3 Å². The SMILES string of the molecule is COc1cc(=O)[nH]c(SCC(=O)c2ccc(O)cc2)n1. The van der Waals surface area contributed by atoms with Crippen molar-refractivity contribution >= 4 is 17.5 Å². The number of ketones is 1. The Hall–Kier alpha value is -2.28. The summed E-state index contributed by atoms with van der Waals surface area (Å²) in [6.45, 7) is 0. The van der Waals surface area contributed by atoms with Gasteiger partial charge in [0.05, 0.1) is 18.9 Å². The van der Waals surface area contributed by atoms with E-state index in [2.05, 4.69) is 9.97 Å². The summed E-state index contributed by atoms with van der Waals surface area (Å²) in [7, 11) is 1.41. The van der Waals surface area contributed by atoms with E-state index in [1.807, 2.05) is 0 Å². The number of aromatic hydroxyl groups is 1. The van der Waals surface area contributed by atoms with Gasteiger partial charge in [0.15, 0.2) is 10.9 Å². The fourth-order valence-corrected chi connectivity index (χ4v) is 2.21. The monoisotopic (exact) mass is 292 g/mol. The summed E-state index contributed by atoms with van der Waals surface area (Å²) < 4.78 is 4.88. The smallest absolute Gasteiger partial charge is 0.255 e. The van der Waals surface area contributed by atoms with Crippen molar-refractivity contribution < 1.29 is 14.6 Å². The van der Waals surface area contributed by atoms with Crippen molar-refractivity contribution in [2.45, 2.75) is 5.16 Å². The maximum atomic E-state index is 11.9. The molecule has 2 N–H and O–H groups in total. The molecule has 0 radical (unpaired) electrons. The van der Waals surface area contributed by atoms with Gasteiger partial charge in [0, 0.05) is 5.56 Å². The van der Waals surface area contributed by atoms with Gasteiger partial charge in [0.25, 0.3) is 5.56 Å². The Morgan fingerprint density at radius 1 is 1.40 bits per heavy atom. The molecule has 6 nitrogen and oxygen atoms in total. The molecule has 1 aromatic heterocycles. The molecule has 2 rings (SSSR count). The lowest BCUT2D eigenvalue weighted by Gasteiger charge is -2.03. The summed E-state index contributed by atoms with van der Waals surface area (Å²) in [5.41, 5.74) is 0.150. The summed E-state index contributed by atoms with van der Waals surface area (Å²) in [4.78, 5) is 29.8. The van der Waals surface area contributed by atoms with E-state index in [9.17, 15) is 9.59 Å². The number of phenols is 1. The number of rotatable bonds is 5. The summed E-state index contributed by atoms with van der Waals surface area (Å²) >= 11 is 1.11. The van der Waals surface area contributed by atoms with Crippen molar-refractivity contribution in [1.29, 1.82) is 0 Å². The third kappa shape index (κ3) is 3.61. The molecule has 0 bridgehead atoms. The van der Waals surface area contributed by atoms with E-state index in [0.29, 0.717) is 10.7 Å². The summed E-state index contributed by atoms with van der Waals surface area (Å²) in [6.07, 6.45) is 0. The summed E-state index contributed by atoms with van der Waals surface area (Å²) in [5, 5.41) is 9.48. The van der Waals surface area contributed by atoms with Gasteiger partial charge in [0.2, 0.25) is 5.88 Å². The van der Waals surface area contributed by atoms with Crippen molar-refractivity contribution in [2.75, 3.05) is 12.9 Å². The molecule has 104 valence electrons. The van der Waals surface area contributed by atoms with E-state index in [1.165, 1.54) is 25.3 Å². The maximum absolute atomic E-state index is 11.9. The largest absolute Gasteiger partial charge is 0.508 e. The van der Waals surface area contributed by atoms with E-state index >= 15 is 0 Å². The van der Waals surface area contributed by atoms with Crippen molar-refractivity contribution in [3.05, 3.63) is 46.2 Å². The number of hydrogen-bond donors (Lipinski definition) is 2. The Kier molecular flexibility index (Phi) is 4.41. The second kappa shape index (κ2) is 6.25. The molecule has 0 aliphatic carbocycles. The molecule has 0 unspecified atom stereocenters. The summed E-state index contributed by atoms with van der Waals surface area (Å²) in [6, 6.07) is 7.21. The fraction of sp³-hybridized carbons (Fsp3) is 0.154. The average Bonchev–Trinajstić information content (AvgIpc) is 2.45. The van der Waals surface area contributed by atoms with Crippen LogP contribution in [0.25, 0.3) is 0 Å². The van der Waals surface area contributed by atoms with E-state index in [4.69, 9.17) is 9.84 Å². The molecule has 0 aliphatic rings. The molecule has 2 aromatic rings. The first-order valence-electron chi connectivity index (χ1n) is 5.69. The lowest BCUT2D eigenvalue weighted by atomic mass is 10.1. The highest BCUT2D eigenvalue weighted by Gasteiger charge is 2.09. The molecule has 0 atom stereocenters. The van der Waals surface area contributed by atoms with Crippen LogP contribution in [0.5, 0.6) is 11.6 Å². The van der Waals surface area contributed by atoms with Crippen molar-refractivity contribution in [3.8, 4) is 11.6 Å². The molecule has 1 heterocycles. The minimum Gasteiger partial charge on any atom is -0.508 e. The van der Waals surface area contributed by atoms with Crippen molar-refractivity contribution in [1.82, 2.24) is 9.97 Å². The Labute approximate surface area is 118 Å². The number of benzene rings is 1. The number of thioether (sulfide) groups is 1. The number of hydrogen-bond acceptors (Lipinski definition) is 6. The number of Topliss-reactive ketones (excluding diaryl/α,β-unsaturated/α-hetero) is 1. The highest BCUT2D eigenvalue weighted by Crippen LogP contribution is 2.17. The van der Waals surface area contributed by atoms with Gasteiger partial charge in [0.1, 0.15) is 5.75 Å². The predicted octanol–water partition coefficient (Wildman–Crippen LogP) is 1.46. The molecular formula is C13H12N2O4S. The van der Waals surface area contributed by atoms with Gasteiger partial charge in [-0.3, -0.25) is 9.59 Å². The predicted molar refractivity (Wildman–Crippen MR) is 74.6 cm³/mol. The van der Waals surface area contributed by atoms with Crippen LogP contribution in [0.3, 0.4) is 0 Å². The first kappa shape index (κ1) is 14.1. The Bertz CT molecular complexity index is 667. The fourth-order valence-electron chi connectivity index (χ4n) is 1.45. The Morgan fingerprint density at radius 2 is 2.10 bits per heavy atom. The zero-order chi connectivity index (χ0) is 14.5. The zero-order valence-corrected chi connectivity index (χ0v) is 11.4. The lowest BCUT2D eigenvalue weighted by molar-refractivity contribution is 0.102. The van der Waals surface area contributed by atoms with Gasteiger partial charge in [-0.1, -0.05) is 11.8 Å². The number of carbonyl (C=O) groups is 1. The van der Waals surface area contributed by atoms with E-state index in [-0.39, 0.29) is 28.7 Å². The van der Waals surface area contributed by atoms with Crippen LogP contribution in [-0.4, -0.2) is 33.7 Å². The Balaban J connectivity index is 2.05. The molecule has 0 aliphatic heterocycles. The first-order valence-corrected chi connectivity index (χ1v) is 6.67. The Morgan fingerprint density at radius 3 is 2.75 bits per heavy atom. The third-order valence-corrected chi connectivity index (χ3v) is 3.31. The number of nitrogens with one attached hydrogen (secondary N) is 1. The average molecular weight is 292 g/mol. The minimum atomic E-state index is -0.337. The van der Waals surface area contributed by atoms with Gasteiger partial charge >= 0.3 is 0 Å². The van der Waals surface area contributed by atoms with E-state index < -0.39 is 0 Å². The maximum Gasteiger partial charge on any atom is 0.255 e. The van der Waals surface area contributed by atoms with Crippen LogP contribution in [0.2, 0.25) is 0 Å². The van der Waals surface area contributed by atoms with Crippen LogP contribution in [0.4, 0.5) is 0 Å². The van der Waals surface area contributed by atoms with Crippen LogP contribution in [0.15, 0.2) is 40.3 Å². The molecule has 0 spiro atoms. The highest BCUT2D eigenvalue weighted by molar-refractivity contribution is 7.99. The number of phenolic OH excluding ortho intramolecular Hbond substituents is 1. The molecule has 0 amide bonds. The van der Waals surface area contributed by atoms with Gasteiger partial charge in [-0.25, -0.2) is 0 Å². The van der Waals surface area contributed by atoms with E-state index in [0.717, 1.165) is 11.8 Å². The minimum absolute atomic E-state index is 0.105. The normalized spacial score (nSPS) is 10.2. The molecule has 7 heteroatoms. The number of aromatic amines is 1. The first-order chi connectivity index (χ1) is 9.58. The van der Waals surface area contributed by atoms with Crippen LogP contribution in [-0.2, 0) is 0 Å². The third-order valence-electron chi connectivity index (χ3n) is 2.43. The molecule has 20 heavy (non-hydrogen) atoms. The zero-order valence-electron chi connectivity index (χ0n) is 10.6. The van der Waals surface area contributed by atoms with Crippen LogP contribution < -0.4 is 10.3 Å². The van der Waals surface area contributed by atoms with E-state index in [1.54, 1.807) is 12.1 Å². The second-order valence-corrected chi connectivity index (χ2v) is 4.82. The molecule has 0 saturated heterocycles. The van der Waals surface area contributed by atoms with Crippen molar-refractivity contribution in [3.63, 3.8) is 0 Å². The van der Waals surface area contributed by atoms with Gasteiger partial charge in [-0.15, -0.1) is 0 Å². The standard InChI is InChI=1S/C13H12N2O4S/c1-19-12-6-11(18)14-13(15-12)20-7-10(17)8-2-4-9(16)5-3-8/h2-6,16H,7H2,1H3,(H,14,15,18). The highest BCUT2D eigenvalue weighted by atomic mass is 32.2. The quantitative estimate of drug-likeness (QED) is 0.492. The number of methoxy groups -OCH3 is 1. The molecule has 1 aromatic carbocycles. The number of aromatic nitrogens is 2. The van der Waals surface area contributed by atoms with Crippen LogP contribution in [0.1, 0.15) is 10.4 Å². The van der Waals surface area contributed by atoms with Crippen LogP contribution >= 0.6 is 11.8 Å². The molecule has 0 fully saturated rings. The lowest BCUT2D eigenvalue weighted by Crippen LogP contribution is -2.09. The van der Waals surface area contributed by atoms with Crippen molar-refractivity contribution in [2.24, 2.45) is 0 Å². The summed E-state index contributed by atoms with van der Waals surface area (Å²) in [5.74, 6) is 0.308. The van der Waals surface area contributed by atoms with Gasteiger partial charge in [-0.2, -0.15) is 4.98 Å². The molecular weight excluding hydrogens is 280 g/mol. The van der Waals surface area contributed by atoms with Crippen LogP contribution in [0, 0.1) is 0 Å². The number of ether oxygens (including phenoxy) is 1. The number of H-pyrrole nitrogens is 1. The molecule has 0 saturated carbocycles. The topological polar surface area (TPSA) is 92.3 Å². The number of carbonyl (C=O) groups excluding carboxylic acids is 1. The number of nitrogens with zero attached hydrogens (tertiary/aromatic N) is 1. The van der Waals surface area contributed by atoms with Gasteiger partial charge < -0.3 is 14.8 Å².